The molecule has 37 heteroatoms. The highest BCUT2D eigenvalue weighted by molar-refractivity contribution is 6.08. The van der Waals surface area contributed by atoms with Crippen molar-refractivity contribution >= 4 is 88.2 Å². The van der Waals surface area contributed by atoms with Gasteiger partial charge in [-0.25, -0.2) is 24.2 Å². The number of amides is 10. The van der Waals surface area contributed by atoms with Crippen LogP contribution in [0.15, 0.2) is 96.2 Å². The molecule has 608 valence electrons. The van der Waals surface area contributed by atoms with Crippen LogP contribution in [0.5, 0.6) is 28.7 Å². The maximum Gasteiger partial charge on any atom is 0.416 e. The Labute approximate surface area is 647 Å². The van der Waals surface area contributed by atoms with E-state index in [1.54, 1.807) is 26.0 Å². The summed E-state index contributed by atoms with van der Waals surface area (Å²) in [6.45, 7) is 15.7. The Balaban J connectivity index is 0.734. The molecule has 6 aliphatic rings. The van der Waals surface area contributed by atoms with E-state index in [1.807, 2.05) is 13.8 Å². The molecule has 6 heterocycles. The lowest BCUT2D eigenvalue weighted by Crippen LogP contribution is -2.61. The van der Waals surface area contributed by atoms with E-state index in [0.29, 0.717) is 22.4 Å². The number of carbonyl (C=O) groups is 11. The topological polar surface area (TPSA) is 486 Å². The predicted molar refractivity (Wildman–Crippen MR) is 395 cm³/mol. The van der Waals surface area contributed by atoms with Crippen molar-refractivity contribution in [2.75, 3.05) is 81.9 Å². The second-order valence-electron chi connectivity index (χ2n) is 28.5. The van der Waals surface area contributed by atoms with Gasteiger partial charge in [-0.1, -0.05) is 70.2 Å². The molecular weight excluding hydrogens is 1480 g/mol. The molecule has 37 nitrogen and oxygen atoms in total. The molecule has 0 spiro atoms. The molecule has 12 atom stereocenters. The van der Waals surface area contributed by atoms with E-state index in [0.717, 1.165) is 26.8 Å². The van der Waals surface area contributed by atoms with Gasteiger partial charge in [-0.15, -0.1) is 4.91 Å². The predicted octanol–water partition coefficient (Wildman–Crippen LogP) is 3.24. The van der Waals surface area contributed by atoms with E-state index in [2.05, 4.69) is 39.6 Å². The van der Waals surface area contributed by atoms with Gasteiger partial charge in [0.15, 0.2) is 47.3 Å². The van der Waals surface area contributed by atoms with Gasteiger partial charge in [0, 0.05) is 75.6 Å². The Hall–Kier alpha value is -11.3. The fourth-order valence-electron chi connectivity index (χ4n) is 13.7. The van der Waals surface area contributed by atoms with Crippen molar-refractivity contribution in [3.05, 3.63) is 118 Å². The van der Waals surface area contributed by atoms with Crippen LogP contribution in [0.3, 0.4) is 0 Å². The number of hydrogen-bond donors (Lipinski definition) is 10. The molecule has 6 aliphatic heterocycles. The number of nitrogens with one attached hydrogen (secondary N) is 4. The number of fused-ring (bicyclic) bond motifs is 4. The highest BCUT2D eigenvalue weighted by Gasteiger charge is 2.51. The molecule has 0 aromatic heterocycles. The van der Waals surface area contributed by atoms with Crippen LogP contribution in [0.25, 0.3) is 0 Å². The van der Waals surface area contributed by atoms with Crippen LogP contribution >= 0.6 is 0 Å². The highest BCUT2D eigenvalue weighted by Crippen LogP contribution is 2.45. The van der Waals surface area contributed by atoms with Crippen LogP contribution in [-0.4, -0.2) is 245 Å². The summed E-state index contributed by atoms with van der Waals surface area (Å²) < 4.78 is 51.5. The minimum atomic E-state index is -2.02. The smallest absolute Gasteiger partial charge is 0.416 e. The van der Waals surface area contributed by atoms with Crippen LogP contribution in [0.1, 0.15) is 105 Å². The number of carbonyl (C=O) groups excluding carboxylic acids is 10. The van der Waals surface area contributed by atoms with Crippen LogP contribution in [0.2, 0.25) is 0 Å². The summed E-state index contributed by atoms with van der Waals surface area (Å²) >= 11 is 0. The van der Waals surface area contributed by atoms with Crippen molar-refractivity contribution in [2.24, 2.45) is 22.9 Å². The first-order chi connectivity index (χ1) is 53.8. The number of aliphatic hydroxyl groups is 5. The number of anilines is 3. The number of benzene rings is 4. The lowest BCUT2D eigenvalue weighted by Gasteiger charge is -2.38. The molecule has 4 fully saturated rings. The normalized spacial score (nSPS) is 22.4. The highest BCUT2D eigenvalue weighted by atomic mass is 16.7. The van der Waals surface area contributed by atoms with Gasteiger partial charge in [-0.3, -0.25) is 43.3 Å². The van der Waals surface area contributed by atoms with Gasteiger partial charge in [0.05, 0.1) is 75.2 Å². The third kappa shape index (κ3) is 19.2. The van der Waals surface area contributed by atoms with Crippen LogP contribution < -0.4 is 54.8 Å². The zero-order chi connectivity index (χ0) is 82.0. The largest absolute Gasteiger partial charge is 0.493 e. The first-order valence-corrected chi connectivity index (χ1v) is 36.5. The maximum atomic E-state index is 14.4. The van der Waals surface area contributed by atoms with Crippen molar-refractivity contribution in [3.63, 3.8) is 0 Å². The number of nitrogens with zero attached hydrogens (tertiary/aromatic N) is 6. The molecule has 10 rings (SSSR count). The van der Waals surface area contributed by atoms with Crippen LogP contribution in [0, 0.1) is 22.7 Å². The minimum Gasteiger partial charge on any atom is -0.493 e. The van der Waals surface area contributed by atoms with Crippen molar-refractivity contribution in [3.8, 4) is 28.7 Å². The molecule has 4 aromatic rings. The maximum absolute atomic E-state index is 14.4. The summed E-state index contributed by atoms with van der Waals surface area (Å²) in [5, 5.41) is 78.0. The number of hydrogen-bond acceptors (Lipinski definition) is 27. The summed E-state index contributed by atoms with van der Waals surface area (Å²) in [4.78, 5) is 164. The molecule has 0 bridgehead atoms. The van der Waals surface area contributed by atoms with E-state index in [4.69, 9.17) is 42.6 Å². The molecule has 0 aliphatic carbocycles. The SMILES string of the molecule is C=C1C[C@H]2[C@H](O)N(C(=O)OCc3ccc(NC(=O)[C@H](C)NC(=O)[C@@H](NC(=O)CCOCCNC(=O)CCN4C(=O)CC(C(C)C)C4=O)C(C)C)cc3)c3cc(OCCCOc4cc5c(cc4OC)C(=O)N4CC(=C)C[C@H]4[C@H](O)N5C(=O)OCc4ccc(O[C@@H]5O[C@H](C(=O)O)C(O)[C@H](O)C5O)c(N=O)c4)c(OC)cc3C(=O)N2C1. The summed E-state index contributed by atoms with van der Waals surface area (Å²) in [5.74, 6) is -6.49. The van der Waals surface area contributed by atoms with Crippen molar-refractivity contribution < 1.29 is 126 Å². The Morgan fingerprint density at radius 3 is 1.71 bits per heavy atom. The molecule has 10 N–H and O–H groups in total. The Morgan fingerprint density at radius 1 is 0.628 bits per heavy atom. The monoisotopic (exact) mass is 1580 g/mol. The van der Waals surface area contributed by atoms with Crippen LogP contribution in [-0.2, 0) is 65.7 Å². The number of aliphatic hydroxyl groups excluding tert-OH is 5. The fourth-order valence-corrected chi connectivity index (χ4v) is 13.7. The number of likely N-dealkylation sites (tertiary alicyclic amines) is 1. The van der Waals surface area contributed by atoms with Crippen molar-refractivity contribution in [1.29, 1.82) is 0 Å². The van der Waals surface area contributed by atoms with E-state index >= 15 is 0 Å². The molecule has 4 saturated heterocycles. The summed E-state index contributed by atoms with van der Waals surface area (Å²) in [5.41, 5.74) is 1.25. The summed E-state index contributed by atoms with van der Waals surface area (Å²) in [6, 6.07) is 11.1. The van der Waals surface area contributed by atoms with Crippen molar-refractivity contribution in [1.82, 2.24) is 30.7 Å². The number of ether oxygens (including phenoxy) is 9. The Morgan fingerprint density at radius 2 is 1.19 bits per heavy atom. The van der Waals surface area contributed by atoms with Gasteiger partial charge in [0.1, 0.15) is 49.3 Å². The molecule has 10 amide bonds. The van der Waals surface area contributed by atoms with Crippen molar-refractivity contribution in [2.45, 2.75) is 154 Å². The standard InChI is InChI=1S/C76H92N10O27/c1-37(2)45-30-60(89)82(68(45)95)20-17-58(87)77-19-24-107-23-18-59(88)80-61(38(3)4)67(94)78-41(7)66(93)79-44-14-11-42(12-15-44)35-110-75(102)85-49-31-56(54(105-8)28-46(49)69(96)83-33-39(5)25-51(83)71(85)98)108-21-10-22-109-57-32-50-47(29-55(57)106-9)70(97)84-34-40(6)26-52(84)72(99)86(50)76(103)111-36-43-13-16-53(48(27-43)81-104)112-74-64(92)62(90)63(91)65(113-74)73(100)101/h11-16,27-29,31-32,37-38,41,45,51-52,61-65,71-72,74,90-92,98-99H,5-6,10,17-26,30,33-36H2,1-4,7-9H3,(H,77,87)(H,78,94)(H,79,93)(H,80,88)(H,100,101)/t41-,45?,51-,52-,61-,62-,63?,64?,65-,71-,72-,74+/m0/s1. The Kier molecular flexibility index (Phi) is 27.4. The molecular formula is C76H92N10O27. The number of aliphatic carboxylic acids is 1. The fraction of sp³-hybridized carbons (Fsp3) is 0.487. The second-order valence-corrected chi connectivity index (χ2v) is 28.5. The number of carboxylic acids is 1. The molecule has 0 radical (unpaired) electrons. The Bertz CT molecular complexity index is 4330. The van der Waals surface area contributed by atoms with Gasteiger partial charge >= 0.3 is 18.2 Å². The van der Waals surface area contributed by atoms with Gasteiger partial charge in [0.25, 0.3) is 11.8 Å². The number of nitroso groups, excluding NO2 is 1. The third-order valence-electron chi connectivity index (χ3n) is 19.9. The molecule has 113 heavy (non-hydrogen) atoms. The molecule has 4 aromatic carbocycles. The lowest BCUT2D eigenvalue weighted by atomic mass is 9.94. The lowest BCUT2D eigenvalue weighted by molar-refractivity contribution is -0.271. The van der Waals surface area contributed by atoms with Gasteiger partial charge in [-0.05, 0) is 84.3 Å². The van der Waals surface area contributed by atoms with E-state index in [1.165, 1.54) is 73.4 Å². The number of imide groups is 1. The number of methoxy groups -OCH3 is 2. The van der Waals surface area contributed by atoms with E-state index < -0.39 is 133 Å². The first-order valence-electron chi connectivity index (χ1n) is 36.5. The first kappa shape index (κ1) is 84.1. The molecule has 3 unspecified atom stereocenters. The van der Waals surface area contributed by atoms with Crippen LogP contribution in [0.4, 0.5) is 32.3 Å². The zero-order valence-electron chi connectivity index (χ0n) is 63.1. The molecule has 0 saturated carbocycles. The average Bonchev–Trinajstić information content (AvgIpc) is 1.61. The quantitative estimate of drug-likeness (QED) is 0.0145. The summed E-state index contributed by atoms with van der Waals surface area (Å²) in [7, 11) is 2.65. The van der Waals surface area contributed by atoms with Gasteiger partial charge in [0.2, 0.25) is 41.7 Å². The third-order valence-corrected chi connectivity index (χ3v) is 19.9. The summed E-state index contributed by atoms with van der Waals surface area (Å²) in [6.07, 6.45) is -15.2. The number of rotatable bonds is 32. The van der Waals surface area contributed by atoms with Gasteiger partial charge < -0.3 is 104 Å². The van der Waals surface area contributed by atoms with E-state index in [-0.39, 0.29) is 184 Å². The second kappa shape index (κ2) is 36.9. The minimum absolute atomic E-state index is 0.00479. The average molecular weight is 1580 g/mol. The number of carboxylic acid groups (broad SMARTS) is 1. The van der Waals surface area contributed by atoms with Gasteiger partial charge in [-0.2, -0.15) is 0 Å². The van der Waals surface area contributed by atoms with E-state index in [9.17, 15) is 88.3 Å². The zero-order valence-corrected chi connectivity index (χ0v) is 63.1.